The average molecular weight is 243 g/mol. The van der Waals surface area contributed by atoms with Crippen LogP contribution in [-0.4, -0.2) is 29.3 Å². The van der Waals surface area contributed by atoms with Crippen LogP contribution in [0.3, 0.4) is 0 Å². The fourth-order valence-corrected chi connectivity index (χ4v) is 1.25. The van der Waals surface area contributed by atoms with Crippen molar-refractivity contribution in [3.8, 4) is 0 Å². The Labute approximate surface area is 99.8 Å². The van der Waals surface area contributed by atoms with Crippen LogP contribution >= 0.6 is 0 Å². The van der Waals surface area contributed by atoms with Gasteiger partial charge in [-0.15, -0.1) is 0 Å². The molecule has 0 aromatic carbocycles. The molecule has 0 radical (unpaired) electrons. The monoisotopic (exact) mass is 243 g/mol. The molecular formula is C11H17NO5. The van der Waals surface area contributed by atoms with Gasteiger partial charge in [0.05, 0.1) is 6.61 Å². The van der Waals surface area contributed by atoms with Gasteiger partial charge in [-0.2, -0.15) is 0 Å². The Kier molecular flexibility index (Phi) is 6.77. The van der Waals surface area contributed by atoms with Crippen molar-refractivity contribution in [2.75, 3.05) is 6.61 Å². The maximum Gasteiger partial charge on any atom is 0.333 e. The number of hydrogen-bond donors (Lipinski definition) is 0. The molecule has 0 saturated heterocycles. The summed E-state index contributed by atoms with van der Waals surface area (Å²) in [6.45, 7) is 6.68. The van der Waals surface area contributed by atoms with Crippen LogP contribution in [0, 0.1) is 10.1 Å². The van der Waals surface area contributed by atoms with Gasteiger partial charge in [0.15, 0.2) is 0 Å². The zero-order chi connectivity index (χ0) is 13.4. The van der Waals surface area contributed by atoms with Gasteiger partial charge in [-0.1, -0.05) is 6.58 Å². The van der Waals surface area contributed by atoms with E-state index in [-0.39, 0.29) is 37.2 Å². The van der Waals surface area contributed by atoms with Crippen LogP contribution in [0.5, 0.6) is 0 Å². The Balaban J connectivity index is 4.34. The van der Waals surface area contributed by atoms with Gasteiger partial charge in [-0.3, -0.25) is 10.1 Å². The summed E-state index contributed by atoms with van der Waals surface area (Å²) in [6, 6.07) is -0.962. The van der Waals surface area contributed by atoms with Crippen LogP contribution in [0.15, 0.2) is 12.2 Å². The Hall–Kier alpha value is -1.72. The van der Waals surface area contributed by atoms with Gasteiger partial charge in [-0.25, -0.2) is 4.79 Å². The highest BCUT2D eigenvalue weighted by atomic mass is 16.6. The van der Waals surface area contributed by atoms with Crippen LogP contribution < -0.4 is 0 Å². The topological polar surface area (TPSA) is 86.5 Å². The van der Waals surface area contributed by atoms with Crippen molar-refractivity contribution in [3.05, 3.63) is 22.3 Å². The fourth-order valence-electron chi connectivity index (χ4n) is 1.25. The first kappa shape index (κ1) is 15.3. The van der Waals surface area contributed by atoms with Crippen molar-refractivity contribution in [3.63, 3.8) is 0 Å². The lowest BCUT2D eigenvalue weighted by Gasteiger charge is -2.09. The van der Waals surface area contributed by atoms with E-state index in [4.69, 9.17) is 0 Å². The quantitative estimate of drug-likeness (QED) is 0.279. The smallest absolute Gasteiger partial charge is 0.333 e. The number of nitro groups is 1. The molecule has 0 aromatic rings. The molecule has 0 aromatic heterocycles. The summed E-state index contributed by atoms with van der Waals surface area (Å²) < 4.78 is 4.68. The lowest BCUT2D eigenvalue weighted by atomic mass is 10.0. The normalized spacial score (nSPS) is 11.6. The summed E-state index contributed by atoms with van der Waals surface area (Å²) in [7, 11) is 0. The first-order valence-corrected chi connectivity index (χ1v) is 5.36. The van der Waals surface area contributed by atoms with Crippen molar-refractivity contribution >= 4 is 11.8 Å². The zero-order valence-corrected chi connectivity index (χ0v) is 10.1. The van der Waals surface area contributed by atoms with E-state index in [2.05, 4.69) is 11.3 Å². The summed E-state index contributed by atoms with van der Waals surface area (Å²) in [5.74, 6) is -0.735. The van der Waals surface area contributed by atoms with Gasteiger partial charge >= 0.3 is 5.97 Å². The van der Waals surface area contributed by atoms with E-state index < -0.39 is 16.9 Å². The summed E-state index contributed by atoms with van der Waals surface area (Å²) in [5, 5.41) is 10.7. The molecule has 96 valence electrons. The van der Waals surface area contributed by atoms with Crippen LogP contribution in [-0.2, 0) is 14.3 Å². The number of rotatable bonds is 8. The van der Waals surface area contributed by atoms with E-state index in [0.717, 1.165) is 0 Å². The highest BCUT2D eigenvalue weighted by molar-refractivity contribution is 5.87. The van der Waals surface area contributed by atoms with E-state index in [9.17, 15) is 19.7 Å². The van der Waals surface area contributed by atoms with E-state index in [0.29, 0.717) is 0 Å². The average Bonchev–Trinajstić information content (AvgIpc) is 2.23. The van der Waals surface area contributed by atoms with Gasteiger partial charge in [-0.05, 0) is 13.8 Å². The molecule has 1 atom stereocenters. The molecule has 0 saturated carbocycles. The molecular weight excluding hydrogens is 226 g/mol. The minimum Gasteiger partial charge on any atom is -0.463 e. The molecule has 0 spiro atoms. The van der Waals surface area contributed by atoms with Gasteiger partial charge in [0.25, 0.3) is 0 Å². The number of hydrogen-bond acceptors (Lipinski definition) is 5. The number of Topliss-reactive ketones (excluding diaryl/α,β-unsaturated/α-hetero) is 1. The van der Waals surface area contributed by atoms with Crippen molar-refractivity contribution in [1.82, 2.24) is 0 Å². The van der Waals surface area contributed by atoms with Crippen LogP contribution in [0.4, 0.5) is 0 Å². The van der Waals surface area contributed by atoms with Crippen molar-refractivity contribution in [2.45, 2.75) is 39.2 Å². The highest BCUT2D eigenvalue weighted by Gasteiger charge is 2.24. The highest BCUT2D eigenvalue weighted by Crippen LogP contribution is 2.13. The molecule has 0 heterocycles. The largest absolute Gasteiger partial charge is 0.463 e. The second-order valence-electron chi connectivity index (χ2n) is 3.71. The van der Waals surface area contributed by atoms with Crippen LogP contribution in [0.2, 0.25) is 0 Å². The van der Waals surface area contributed by atoms with E-state index in [1.165, 1.54) is 6.92 Å². The summed E-state index contributed by atoms with van der Waals surface area (Å²) in [4.78, 5) is 32.2. The SMILES string of the molecule is C=C(CC(CCC(C)=O)[N+](=O)[O-])C(=O)OCC. The van der Waals surface area contributed by atoms with E-state index >= 15 is 0 Å². The van der Waals surface area contributed by atoms with Crippen LogP contribution in [0.1, 0.15) is 33.1 Å². The molecule has 17 heavy (non-hydrogen) atoms. The van der Waals surface area contributed by atoms with Crippen molar-refractivity contribution in [2.24, 2.45) is 0 Å². The van der Waals surface area contributed by atoms with Crippen LogP contribution in [0.25, 0.3) is 0 Å². The summed E-state index contributed by atoms with van der Waals surface area (Å²) in [5.41, 5.74) is 0.0668. The molecule has 6 heteroatoms. The Morgan fingerprint density at radius 1 is 1.47 bits per heavy atom. The van der Waals surface area contributed by atoms with Gasteiger partial charge < -0.3 is 9.53 Å². The van der Waals surface area contributed by atoms with Gasteiger partial charge in [0.1, 0.15) is 5.78 Å². The minimum absolute atomic E-state index is 0.0668. The zero-order valence-electron chi connectivity index (χ0n) is 10.1. The molecule has 0 N–H and O–H groups in total. The lowest BCUT2D eigenvalue weighted by molar-refractivity contribution is -0.522. The van der Waals surface area contributed by atoms with Gasteiger partial charge in [0.2, 0.25) is 6.04 Å². The predicted molar refractivity (Wildman–Crippen MR) is 61.1 cm³/mol. The molecule has 0 aliphatic rings. The third-order valence-electron chi connectivity index (χ3n) is 2.17. The van der Waals surface area contributed by atoms with E-state index in [1.807, 2.05) is 0 Å². The number of nitrogens with zero attached hydrogens (tertiary/aromatic N) is 1. The molecule has 0 rings (SSSR count). The summed E-state index contributed by atoms with van der Waals surface area (Å²) >= 11 is 0. The molecule has 0 amide bonds. The standard InChI is InChI=1S/C11H17NO5/c1-4-17-11(14)8(2)7-10(12(15)16)6-5-9(3)13/h10H,2,4-7H2,1,3H3. The maximum atomic E-state index is 11.2. The first-order chi connectivity index (χ1) is 7.88. The molecule has 0 aliphatic heterocycles. The van der Waals surface area contributed by atoms with Gasteiger partial charge in [0, 0.05) is 29.8 Å². The minimum atomic E-state index is -0.962. The third-order valence-corrected chi connectivity index (χ3v) is 2.17. The third kappa shape index (κ3) is 6.44. The predicted octanol–water partition coefficient (Wildman–Crippen LogP) is 1.51. The van der Waals surface area contributed by atoms with Crippen molar-refractivity contribution < 1.29 is 19.2 Å². The van der Waals surface area contributed by atoms with E-state index in [1.54, 1.807) is 6.92 Å². The molecule has 0 bridgehead atoms. The summed E-state index contributed by atoms with van der Waals surface area (Å²) in [6.07, 6.45) is 0.154. The number of ketones is 1. The molecule has 6 nitrogen and oxygen atoms in total. The number of carbonyl (C=O) groups is 2. The molecule has 1 unspecified atom stereocenters. The Morgan fingerprint density at radius 3 is 2.47 bits per heavy atom. The van der Waals surface area contributed by atoms with Crippen molar-refractivity contribution in [1.29, 1.82) is 0 Å². The first-order valence-electron chi connectivity index (χ1n) is 5.36. The Morgan fingerprint density at radius 2 is 2.06 bits per heavy atom. The second kappa shape index (κ2) is 7.54. The lowest BCUT2D eigenvalue weighted by Crippen LogP contribution is -2.23. The molecule has 0 aliphatic carbocycles. The number of esters is 1. The second-order valence-corrected chi connectivity index (χ2v) is 3.71. The molecule has 0 fully saturated rings. The maximum absolute atomic E-state index is 11.2. The fraction of sp³-hybridized carbons (Fsp3) is 0.636. The number of ether oxygens (including phenoxy) is 1. The number of carbonyl (C=O) groups excluding carboxylic acids is 2. The Bertz CT molecular complexity index is 324.